The van der Waals surface area contributed by atoms with Gasteiger partial charge in [-0.05, 0) is 30.4 Å². The van der Waals surface area contributed by atoms with Gasteiger partial charge in [-0.2, -0.15) is 0 Å². The quantitative estimate of drug-likeness (QED) is 0.840. The van der Waals surface area contributed by atoms with Crippen LogP contribution in [-0.4, -0.2) is 34.8 Å². The molecule has 1 amide bonds. The predicted octanol–water partition coefficient (Wildman–Crippen LogP) is 3.21. The standard InChI is InChI=1S/C16H25NO3S/c1-4-12-6-7-13(20-12)15-17(14(19)10-21-15)9-5-8-16(2,3)11-18/h6-7,15,18H,4-5,8-11H2,1-3H3. The van der Waals surface area contributed by atoms with Gasteiger partial charge in [0.25, 0.3) is 0 Å². The Morgan fingerprint density at radius 3 is 2.86 bits per heavy atom. The molecule has 5 heteroatoms. The number of nitrogens with zero attached hydrogens (tertiary/aromatic N) is 1. The Hall–Kier alpha value is -0.940. The van der Waals surface area contributed by atoms with Crippen LogP contribution >= 0.6 is 11.8 Å². The summed E-state index contributed by atoms with van der Waals surface area (Å²) in [4.78, 5) is 14.0. The lowest BCUT2D eigenvalue weighted by atomic mass is 9.89. The number of rotatable bonds is 7. The van der Waals surface area contributed by atoms with Crippen molar-refractivity contribution in [1.29, 1.82) is 0 Å². The molecule has 1 N–H and O–H groups in total. The molecule has 2 heterocycles. The van der Waals surface area contributed by atoms with Crippen LogP contribution in [0.2, 0.25) is 0 Å². The van der Waals surface area contributed by atoms with Crippen LogP contribution in [0.25, 0.3) is 0 Å². The van der Waals surface area contributed by atoms with Crippen molar-refractivity contribution in [2.75, 3.05) is 18.9 Å². The van der Waals surface area contributed by atoms with Crippen LogP contribution in [0, 0.1) is 5.41 Å². The molecule has 0 aliphatic carbocycles. The van der Waals surface area contributed by atoms with Crippen LogP contribution in [0.15, 0.2) is 16.5 Å². The molecule has 118 valence electrons. The van der Waals surface area contributed by atoms with Gasteiger partial charge in [0.15, 0.2) is 0 Å². The summed E-state index contributed by atoms with van der Waals surface area (Å²) in [5.41, 5.74) is -0.0779. The average molecular weight is 311 g/mol. The minimum atomic E-state index is -0.0779. The molecule has 1 atom stereocenters. The maximum absolute atomic E-state index is 12.1. The highest BCUT2D eigenvalue weighted by molar-refractivity contribution is 8.00. The third kappa shape index (κ3) is 4.04. The molecule has 1 saturated heterocycles. The van der Waals surface area contributed by atoms with Gasteiger partial charge in [0.1, 0.15) is 16.9 Å². The highest BCUT2D eigenvalue weighted by Crippen LogP contribution is 2.39. The second kappa shape index (κ2) is 6.88. The minimum Gasteiger partial charge on any atom is -0.463 e. The first-order valence-corrected chi connectivity index (χ1v) is 8.62. The summed E-state index contributed by atoms with van der Waals surface area (Å²) in [6.45, 7) is 7.06. The highest BCUT2D eigenvalue weighted by atomic mass is 32.2. The van der Waals surface area contributed by atoms with E-state index in [0.717, 1.165) is 37.3 Å². The van der Waals surface area contributed by atoms with Crippen molar-refractivity contribution in [2.24, 2.45) is 5.41 Å². The van der Waals surface area contributed by atoms with E-state index in [1.165, 1.54) is 0 Å². The number of carbonyl (C=O) groups excluding carboxylic acids is 1. The van der Waals surface area contributed by atoms with E-state index in [2.05, 4.69) is 6.92 Å². The Bertz CT molecular complexity index is 484. The van der Waals surface area contributed by atoms with Gasteiger partial charge >= 0.3 is 0 Å². The van der Waals surface area contributed by atoms with Gasteiger partial charge < -0.3 is 14.4 Å². The fourth-order valence-corrected chi connectivity index (χ4v) is 3.62. The Balaban J connectivity index is 1.97. The van der Waals surface area contributed by atoms with Gasteiger partial charge in [-0.1, -0.05) is 20.8 Å². The average Bonchev–Trinajstić information content (AvgIpc) is 3.06. The summed E-state index contributed by atoms with van der Waals surface area (Å²) in [5, 5.41) is 9.31. The van der Waals surface area contributed by atoms with Crippen LogP contribution in [-0.2, 0) is 11.2 Å². The zero-order valence-corrected chi connectivity index (χ0v) is 13.9. The summed E-state index contributed by atoms with van der Waals surface area (Å²) in [7, 11) is 0. The van der Waals surface area contributed by atoms with Crippen molar-refractivity contribution in [3.05, 3.63) is 23.7 Å². The first kappa shape index (κ1) is 16.4. The number of hydrogen-bond acceptors (Lipinski definition) is 4. The van der Waals surface area contributed by atoms with Crippen molar-refractivity contribution >= 4 is 17.7 Å². The van der Waals surface area contributed by atoms with Crippen LogP contribution in [0.4, 0.5) is 0 Å². The van der Waals surface area contributed by atoms with E-state index < -0.39 is 0 Å². The molecule has 0 radical (unpaired) electrons. The minimum absolute atomic E-state index is 0.00930. The summed E-state index contributed by atoms with van der Waals surface area (Å²) in [5.74, 6) is 2.55. The molecule has 1 unspecified atom stereocenters. The van der Waals surface area contributed by atoms with Crippen molar-refractivity contribution < 1.29 is 14.3 Å². The van der Waals surface area contributed by atoms with Gasteiger partial charge in [-0.3, -0.25) is 4.79 Å². The van der Waals surface area contributed by atoms with E-state index in [-0.39, 0.29) is 23.3 Å². The Kier molecular flexibility index (Phi) is 5.38. The maximum atomic E-state index is 12.1. The molecule has 0 aromatic carbocycles. The maximum Gasteiger partial charge on any atom is 0.233 e. The number of amides is 1. The second-order valence-corrected chi connectivity index (χ2v) is 7.40. The topological polar surface area (TPSA) is 53.7 Å². The summed E-state index contributed by atoms with van der Waals surface area (Å²) in [6, 6.07) is 3.98. The highest BCUT2D eigenvalue weighted by Gasteiger charge is 2.34. The first-order chi connectivity index (χ1) is 9.96. The molecule has 1 aromatic heterocycles. The number of aliphatic hydroxyl groups excluding tert-OH is 1. The lowest BCUT2D eigenvalue weighted by Crippen LogP contribution is -2.30. The normalized spacial score (nSPS) is 19.5. The number of hydrogen-bond donors (Lipinski definition) is 1. The summed E-state index contributed by atoms with van der Waals surface area (Å²) in [6.07, 6.45) is 2.68. The van der Waals surface area contributed by atoms with Gasteiger partial charge in [0.05, 0.1) is 5.75 Å². The number of furan rings is 1. The third-order valence-corrected chi connectivity index (χ3v) is 5.14. The molecule has 0 spiro atoms. The van der Waals surface area contributed by atoms with E-state index in [9.17, 15) is 9.90 Å². The van der Waals surface area contributed by atoms with Gasteiger partial charge in [0, 0.05) is 19.6 Å². The van der Waals surface area contributed by atoms with Crippen LogP contribution in [0.1, 0.15) is 50.5 Å². The lowest BCUT2D eigenvalue weighted by molar-refractivity contribution is -0.128. The largest absolute Gasteiger partial charge is 0.463 e. The van der Waals surface area contributed by atoms with Crippen LogP contribution < -0.4 is 0 Å². The van der Waals surface area contributed by atoms with Crippen molar-refractivity contribution in [2.45, 2.75) is 45.4 Å². The molecule has 1 fully saturated rings. The predicted molar refractivity (Wildman–Crippen MR) is 85.1 cm³/mol. The second-order valence-electron chi connectivity index (χ2n) is 6.33. The van der Waals surface area contributed by atoms with Gasteiger partial charge in [-0.15, -0.1) is 11.8 Å². The molecule has 1 aliphatic heterocycles. The van der Waals surface area contributed by atoms with E-state index in [1.807, 2.05) is 30.9 Å². The number of carbonyl (C=O) groups is 1. The molecular formula is C16H25NO3S. The first-order valence-electron chi connectivity index (χ1n) is 7.57. The molecule has 1 aliphatic rings. The van der Waals surface area contributed by atoms with Crippen molar-refractivity contribution in [3.8, 4) is 0 Å². The summed E-state index contributed by atoms with van der Waals surface area (Å²) < 4.78 is 5.81. The Morgan fingerprint density at radius 1 is 1.48 bits per heavy atom. The Labute approximate surface area is 130 Å². The van der Waals surface area contributed by atoms with Crippen LogP contribution in [0.3, 0.4) is 0 Å². The van der Waals surface area contributed by atoms with E-state index in [1.54, 1.807) is 11.8 Å². The number of aliphatic hydroxyl groups is 1. The van der Waals surface area contributed by atoms with Crippen molar-refractivity contribution in [1.82, 2.24) is 4.90 Å². The van der Waals surface area contributed by atoms with E-state index in [0.29, 0.717) is 5.75 Å². The van der Waals surface area contributed by atoms with E-state index in [4.69, 9.17) is 4.42 Å². The monoisotopic (exact) mass is 311 g/mol. The fraction of sp³-hybridized carbons (Fsp3) is 0.688. The number of aryl methyl sites for hydroxylation is 1. The third-order valence-electron chi connectivity index (χ3n) is 3.92. The molecular weight excluding hydrogens is 286 g/mol. The Morgan fingerprint density at radius 2 is 2.24 bits per heavy atom. The zero-order chi connectivity index (χ0) is 15.5. The molecule has 0 bridgehead atoms. The zero-order valence-electron chi connectivity index (χ0n) is 13.1. The SMILES string of the molecule is CCc1ccc(C2SCC(=O)N2CCCC(C)(C)CO)o1. The molecule has 4 nitrogen and oxygen atoms in total. The smallest absolute Gasteiger partial charge is 0.233 e. The van der Waals surface area contributed by atoms with Crippen LogP contribution in [0.5, 0.6) is 0 Å². The number of thioether (sulfide) groups is 1. The molecule has 2 rings (SSSR count). The molecule has 1 aromatic rings. The fourth-order valence-electron chi connectivity index (χ4n) is 2.46. The molecule has 21 heavy (non-hydrogen) atoms. The van der Waals surface area contributed by atoms with Gasteiger partial charge in [0.2, 0.25) is 5.91 Å². The van der Waals surface area contributed by atoms with Crippen molar-refractivity contribution in [3.63, 3.8) is 0 Å². The summed E-state index contributed by atoms with van der Waals surface area (Å²) >= 11 is 1.63. The molecule has 0 saturated carbocycles. The van der Waals surface area contributed by atoms with E-state index >= 15 is 0 Å². The lowest BCUT2D eigenvalue weighted by Gasteiger charge is -2.26. The van der Waals surface area contributed by atoms with Gasteiger partial charge in [-0.25, -0.2) is 0 Å².